The van der Waals surface area contributed by atoms with E-state index in [1.807, 2.05) is 24.3 Å². The molecule has 3 heterocycles. The quantitative estimate of drug-likeness (QED) is 0.435. The molecule has 3 amide bonds. The summed E-state index contributed by atoms with van der Waals surface area (Å²) in [5.74, 6) is -1.42. The second kappa shape index (κ2) is 12.0. The molecular formula is C30H40N4O6. The Morgan fingerprint density at radius 1 is 1.15 bits per heavy atom. The number of hydrogen-bond donors (Lipinski definition) is 2. The van der Waals surface area contributed by atoms with Crippen molar-refractivity contribution < 1.29 is 28.7 Å². The molecule has 10 heteroatoms. The Balaban J connectivity index is 1.32. The van der Waals surface area contributed by atoms with Crippen LogP contribution in [0.1, 0.15) is 63.0 Å². The zero-order chi connectivity index (χ0) is 28.3. The van der Waals surface area contributed by atoms with Crippen molar-refractivity contribution in [2.75, 3.05) is 19.7 Å². The molecule has 4 aliphatic rings. The third-order valence-corrected chi connectivity index (χ3v) is 8.58. The zero-order valence-electron chi connectivity index (χ0n) is 23.2. The highest BCUT2D eigenvalue weighted by molar-refractivity contribution is 5.96. The lowest BCUT2D eigenvalue weighted by molar-refractivity contribution is -0.150. The van der Waals surface area contributed by atoms with Crippen molar-refractivity contribution >= 4 is 23.9 Å². The van der Waals surface area contributed by atoms with E-state index in [2.05, 4.69) is 17.5 Å². The van der Waals surface area contributed by atoms with Gasteiger partial charge in [0.05, 0.1) is 19.2 Å². The van der Waals surface area contributed by atoms with Crippen molar-refractivity contribution in [1.29, 1.82) is 0 Å². The molecule has 40 heavy (non-hydrogen) atoms. The maximum absolute atomic E-state index is 13.7. The van der Waals surface area contributed by atoms with Crippen LogP contribution in [0.2, 0.25) is 0 Å². The Morgan fingerprint density at radius 2 is 1.95 bits per heavy atom. The van der Waals surface area contributed by atoms with Crippen molar-refractivity contribution in [3.63, 3.8) is 0 Å². The fourth-order valence-corrected chi connectivity index (χ4v) is 6.16. The van der Waals surface area contributed by atoms with Crippen molar-refractivity contribution in [2.45, 2.75) is 88.6 Å². The molecule has 5 rings (SSSR count). The van der Waals surface area contributed by atoms with Crippen LogP contribution >= 0.6 is 0 Å². The van der Waals surface area contributed by atoms with Gasteiger partial charge in [0.2, 0.25) is 11.8 Å². The van der Waals surface area contributed by atoms with Gasteiger partial charge in [-0.15, -0.1) is 0 Å². The number of nitrogens with zero attached hydrogens (tertiary/aromatic N) is 2. The number of nitrogens with two attached hydrogens (primary N) is 1. The minimum atomic E-state index is -1.14. The Hall–Kier alpha value is -3.40. The molecule has 3 N–H and O–H groups in total. The lowest BCUT2D eigenvalue weighted by atomic mass is 10.0. The van der Waals surface area contributed by atoms with E-state index in [1.165, 1.54) is 10.5 Å². The topological polar surface area (TPSA) is 131 Å². The average Bonchev–Trinajstić information content (AvgIpc) is 3.48. The summed E-state index contributed by atoms with van der Waals surface area (Å²) in [6, 6.07) is 6.36. The number of amides is 3. The van der Waals surface area contributed by atoms with E-state index in [4.69, 9.17) is 15.2 Å². The summed E-state index contributed by atoms with van der Waals surface area (Å²) in [6.07, 6.45) is 8.30. The van der Waals surface area contributed by atoms with Gasteiger partial charge < -0.3 is 30.3 Å². The van der Waals surface area contributed by atoms with Crippen molar-refractivity contribution in [3.05, 3.63) is 47.5 Å². The van der Waals surface area contributed by atoms with Crippen LogP contribution in [0.4, 0.5) is 4.79 Å². The molecule has 2 fully saturated rings. The third-order valence-electron chi connectivity index (χ3n) is 8.58. The van der Waals surface area contributed by atoms with Gasteiger partial charge in [0, 0.05) is 25.4 Å². The number of rotatable bonds is 3. The summed E-state index contributed by atoms with van der Waals surface area (Å²) in [7, 11) is 0. The molecule has 1 aromatic rings. The Labute approximate surface area is 235 Å². The largest absolute Gasteiger partial charge is 0.464 e. The van der Waals surface area contributed by atoms with Crippen molar-refractivity contribution in [3.8, 4) is 0 Å². The average molecular weight is 553 g/mol. The van der Waals surface area contributed by atoms with Crippen LogP contribution < -0.4 is 11.1 Å². The second-order valence-electron chi connectivity index (χ2n) is 11.4. The fraction of sp³-hybridized carbons (Fsp3) is 0.600. The predicted octanol–water partition coefficient (Wildman–Crippen LogP) is 2.44. The lowest BCUT2D eigenvalue weighted by Gasteiger charge is -2.29. The number of fused-ring (bicyclic) bond motifs is 3. The van der Waals surface area contributed by atoms with E-state index in [0.29, 0.717) is 25.9 Å². The third kappa shape index (κ3) is 5.87. The molecule has 1 aliphatic carbocycles. The summed E-state index contributed by atoms with van der Waals surface area (Å²) in [5.41, 5.74) is 7.46. The molecule has 0 spiro atoms. The smallest absolute Gasteiger partial charge is 0.410 e. The Bertz CT molecular complexity index is 1170. The highest BCUT2D eigenvalue weighted by atomic mass is 16.6. The maximum atomic E-state index is 13.7. The van der Waals surface area contributed by atoms with Crippen LogP contribution in [0, 0.1) is 5.92 Å². The summed E-state index contributed by atoms with van der Waals surface area (Å²) in [4.78, 5) is 56.3. The molecule has 1 saturated carbocycles. The molecule has 10 nitrogen and oxygen atoms in total. The number of nitrogens with one attached hydrogen (secondary N) is 1. The van der Waals surface area contributed by atoms with Crippen LogP contribution in [0.5, 0.6) is 0 Å². The summed E-state index contributed by atoms with van der Waals surface area (Å²) in [6.45, 7) is 3.01. The minimum absolute atomic E-state index is 0.0799. The first-order valence-corrected chi connectivity index (χ1v) is 14.6. The standard InChI is InChI=1S/C30H40N4O6/c1-2-39-28(37)30-17-22(30)12-6-4-3-5-7-13-24(31)27(36)34-19-23(16-25(34)26(35)32-30)40-29(38)33-15-14-20-10-8-9-11-21(20)18-33/h6,8-12,22-25H,2-5,7,13-19,31H2,1H3,(H,32,35)/b12-6+/t22-,23-,24+,25+,30-/m1/s1. The van der Waals surface area contributed by atoms with Gasteiger partial charge in [0.25, 0.3) is 0 Å². The minimum Gasteiger partial charge on any atom is -0.464 e. The van der Waals surface area contributed by atoms with Crippen LogP contribution in [0.3, 0.4) is 0 Å². The lowest BCUT2D eigenvalue weighted by Crippen LogP contribution is -2.55. The first-order valence-electron chi connectivity index (χ1n) is 14.6. The van der Waals surface area contributed by atoms with E-state index >= 15 is 0 Å². The molecule has 1 saturated heterocycles. The normalized spacial score (nSPS) is 31.4. The Kier molecular flexibility index (Phi) is 8.44. The van der Waals surface area contributed by atoms with Crippen molar-refractivity contribution in [1.82, 2.24) is 15.1 Å². The number of benzene rings is 1. The molecule has 0 bridgehead atoms. The number of ether oxygens (including phenoxy) is 2. The van der Waals surface area contributed by atoms with Crippen LogP contribution in [0.25, 0.3) is 0 Å². The molecule has 1 aromatic carbocycles. The summed E-state index contributed by atoms with van der Waals surface area (Å²) < 4.78 is 11.2. The molecule has 0 unspecified atom stereocenters. The number of esters is 1. The Morgan fingerprint density at radius 3 is 2.75 bits per heavy atom. The summed E-state index contributed by atoms with van der Waals surface area (Å²) in [5, 5.41) is 2.93. The van der Waals surface area contributed by atoms with Gasteiger partial charge in [-0.2, -0.15) is 0 Å². The van der Waals surface area contributed by atoms with E-state index in [1.54, 1.807) is 11.8 Å². The first kappa shape index (κ1) is 28.1. The van der Waals surface area contributed by atoms with Crippen LogP contribution in [-0.4, -0.2) is 77.1 Å². The van der Waals surface area contributed by atoms with E-state index in [0.717, 1.165) is 37.7 Å². The number of hydrogen-bond acceptors (Lipinski definition) is 7. The van der Waals surface area contributed by atoms with Gasteiger partial charge in [-0.05, 0) is 50.2 Å². The van der Waals surface area contributed by atoms with Gasteiger partial charge in [-0.1, -0.05) is 49.3 Å². The second-order valence-corrected chi connectivity index (χ2v) is 11.4. The molecule has 3 aliphatic heterocycles. The summed E-state index contributed by atoms with van der Waals surface area (Å²) >= 11 is 0. The number of allylic oxidation sites excluding steroid dienone is 1. The highest BCUT2D eigenvalue weighted by Crippen LogP contribution is 2.46. The van der Waals surface area contributed by atoms with Gasteiger partial charge >= 0.3 is 12.1 Å². The van der Waals surface area contributed by atoms with E-state index in [9.17, 15) is 19.2 Å². The van der Waals surface area contributed by atoms with Gasteiger partial charge in [-0.3, -0.25) is 9.59 Å². The van der Waals surface area contributed by atoms with Gasteiger partial charge in [-0.25, -0.2) is 9.59 Å². The monoisotopic (exact) mass is 552 g/mol. The molecule has 5 atom stereocenters. The number of carbonyl (C=O) groups excluding carboxylic acids is 4. The fourth-order valence-electron chi connectivity index (χ4n) is 6.16. The number of carbonyl (C=O) groups is 4. The molecular weight excluding hydrogens is 512 g/mol. The maximum Gasteiger partial charge on any atom is 0.410 e. The van der Waals surface area contributed by atoms with E-state index < -0.39 is 41.7 Å². The molecule has 216 valence electrons. The first-order chi connectivity index (χ1) is 19.3. The molecule has 0 radical (unpaired) electrons. The van der Waals surface area contributed by atoms with Crippen molar-refractivity contribution in [2.24, 2.45) is 11.7 Å². The van der Waals surface area contributed by atoms with E-state index in [-0.39, 0.29) is 31.4 Å². The van der Waals surface area contributed by atoms with Crippen LogP contribution in [0.15, 0.2) is 36.4 Å². The van der Waals surface area contributed by atoms with Gasteiger partial charge in [0.15, 0.2) is 0 Å². The highest BCUT2D eigenvalue weighted by Gasteiger charge is 2.62. The molecule has 0 aromatic heterocycles. The SMILES string of the molecule is CCOC(=O)[C@@]12C[C@H]1/C=C/CCCCC[C@H](N)C(=O)N1C[C@H](OC(=O)N3CCc4ccccc4C3)C[C@H]1C(=O)N2. The van der Waals surface area contributed by atoms with Gasteiger partial charge in [0.1, 0.15) is 17.7 Å². The predicted molar refractivity (Wildman–Crippen MR) is 147 cm³/mol. The van der Waals surface area contributed by atoms with Crippen LogP contribution in [-0.2, 0) is 36.8 Å². The zero-order valence-corrected chi connectivity index (χ0v) is 23.2.